The molecule has 1 unspecified atom stereocenters. The number of benzene rings is 1. The third-order valence-corrected chi connectivity index (χ3v) is 3.74. The molecular weight excluding hydrogens is 246 g/mol. The Bertz CT molecular complexity index is 482. The molecule has 19 heavy (non-hydrogen) atoms. The topological polar surface area (TPSA) is 59.0 Å². The number of nitrogens with zero attached hydrogens (tertiary/aromatic N) is 1. The lowest BCUT2D eigenvalue weighted by molar-refractivity contribution is -0.100. The number of hydrogen-bond acceptors (Lipinski definition) is 4. The van der Waals surface area contributed by atoms with Crippen LogP contribution in [0.3, 0.4) is 0 Å². The van der Waals surface area contributed by atoms with Crippen molar-refractivity contribution in [3.63, 3.8) is 0 Å². The second-order valence-corrected chi connectivity index (χ2v) is 5.13. The van der Waals surface area contributed by atoms with Gasteiger partial charge in [-0.15, -0.1) is 0 Å². The van der Waals surface area contributed by atoms with E-state index in [1.165, 1.54) is 0 Å². The molecule has 5 nitrogen and oxygen atoms in total. The maximum Gasteiger partial charge on any atom is 0.414 e. The predicted octanol–water partition coefficient (Wildman–Crippen LogP) is 2.29. The maximum absolute atomic E-state index is 12.1. The van der Waals surface area contributed by atoms with Gasteiger partial charge in [0.05, 0.1) is 12.3 Å². The summed E-state index contributed by atoms with van der Waals surface area (Å²) in [5.41, 5.74) is 0.222. The van der Waals surface area contributed by atoms with Crippen LogP contribution in [0.2, 0.25) is 0 Å². The molecule has 1 atom stereocenters. The Morgan fingerprint density at radius 3 is 2.89 bits per heavy atom. The molecule has 1 aromatic rings. The summed E-state index contributed by atoms with van der Waals surface area (Å²) in [4.78, 5) is 13.7. The van der Waals surface area contributed by atoms with Crippen molar-refractivity contribution in [2.24, 2.45) is 0 Å². The highest BCUT2D eigenvalue weighted by Crippen LogP contribution is 2.34. The number of phenols is 1. The molecular formula is C14H17NO4. The molecule has 1 N–H and O–H groups in total. The van der Waals surface area contributed by atoms with E-state index in [1.807, 2.05) is 0 Å². The first-order valence-electron chi connectivity index (χ1n) is 6.56. The van der Waals surface area contributed by atoms with Crippen LogP contribution in [-0.4, -0.2) is 36.6 Å². The molecule has 2 aliphatic rings. The summed E-state index contributed by atoms with van der Waals surface area (Å²) in [6, 6.07) is 6.65. The lowest BCUT2D eigenvalue weighted by Crippen LogP contribution is -2.53. The first-order chi connectivity index (χ1) is 9.19. The van der Waals surface area contributed by atoms with Crippen molar-refractivity contribution in [3.05, 3.63) is 24.3 Å². The van der Waals surface area contributed by atoms with Gasteiger partial charge in [-0.05, 0) is 25.0 Å². The first kappa shape index (κ1) is 12.3. The lowest BCUT2D eigenvalue weighted by atomic mass is 9.91. The Morgan fingerprint density at radius 2 is 2.21 bits per heavy atom. The van der Waals surface area contributed by atoms with E-state index in [4.69, 9.17) is 9.47 Å². The van der Waals surface area contributed by atoms with E-state index in [-0.39, 0.29) is 11.8 Å². The van der Waals surface area contributed by atoms with Crippen LogP contribution in [0.15, 0.2) is 24.3 Å². The molecule has 2 aliphatic heterocycles. The van der Waals surface area contributed by atoms with Gasteiger partial charge in [0, 0.05) is 25.6 Å². The van der Waals surface area contributed by atoms with Crippen molar-refractivity contribution in [1.82, 2.24) is 0 Å². The Labute approximate surface area is 111 Å². The zero-order valence-corrected chi connectivity index (χ0v) is 10.7. The Hall–Kier alpha value is -1.75. The minimum atomic E-state index is -0.442. The second kappa shape index (κ2) is 4.74. The van der Waals surface area contributed by atoms with Crippen LogP contribution in [0.25, 0.3) is 0 Å². The Kier molecular flexibility index (Phi) is 3.06. The number of hydrogen-bond donors (Lipinski definition) is 1. The molecule has 2 heterocycles. The quantitative estimate of drug-likeness (QED) is 0.844. The van der Waals surface area contributed by atoms with Gasteiger partial charge >= 0.3 is 6.09 Å². The van der Waals surface area contributed by atoms with E-state index in [0.717, 1.165) is 25.9 Å². The van der Waals surface area contributed by atoms with Gasteiger partial charge in [-0.2, -0.15) is 0 Å². The van der Waals surface area contributed by atoms with E-state index >= 15 is 0 Å². The first-order valence-corrected chi connectivity index (χ1v) is 6.56. The molecule has 0 saturated carbocycles. The van der Waals surface area contributed by atoms with E-state index < -0.39 is 5.60 Å². The van der Waals surface area contributed by atoms with Crippen LogP contribution >= 0.6 is 0 Å². The molecule has 1 spiro atoms. The molecule has 0 radical (unpaired) electrons. The van der Waals surface area contributed by atoms with Crippen molar-refractivity contribution in [2.45, 2.75) is 24.9 Å². The summed E-state index contributed by atoms with van der Waals surface area (Å²) in [5, 5.41) is 9.47. The molecule has 2 fully saturated rings. The summed E-state index contributed by atoms with van der Waals surface area (Å²) >= 11 is 0. The zero-order valence-electron chi connectivity index (χ0n) is 10.7. The number of anilines is 1. The van der Waals surface area contributed by atoms with Crippen molar-refractivity contribution in [1.29, 1.82) is 0 Å². The average molecular weight is 263 g/mol. The van der Waals surface area contributed by atoms with Crippen LogP contribution in [0.4, 0.5) is 10.5 Å². The highest BCUT2D eigenvalue weighted by atomic mass is 16.6. The number of rotatable bonds is 1. The number of phenolic OH excluding ortho intramolecular Hbond substituents is 1. The number of amides is 1. The number of aromatic hydroxyl groups is 1. The second-order valence-electron chi connectivity index (χ2n) is 5.13. The average Bonchev–Trinajstić information content (AvgIpc) is 2.39. The van der Waals surface area contributed by atoms with Crippen LogP contribution in [0, 0.1) is 0 Å². The third-order valence-electron chi connectivity index (χ3n) is 3.74. The lowest BCUT2D eigenvalue weighted by Gasteiger charge is -2.42. The highest BCUT2D eigenvalue weighted by molar-refractivity contribution is 5.88. The molecule has 1 amide bonds. The molecule has 5 heteroatoms. The molecule has 0 aliphatic carbocycles. The Morgan fingerprint density at radius 1 is 1.32 bits per heavy atom. The summed E-state index contributed by atoms with van der Waals surface area (Å²) < 4.78 is 11.0. The normalized spacial score (nSPS) is 27.4. The van der Waals surface area contributed by atoms with Gasteiger partial charge < -0.3 is 14.6 Å². The number of carbonyl (C=O) groups excluding carboxylic acids is 1. The standard InChI is InChI=1S/C14H17NO4/c16-12-4-1-3-11(9-12)15-7-6-14(19-13(15)17)5-2-8-18-10-14/h1,3-4,9,16H,2,5-8,10H2. The minimum Gasteiger partial charge on any atom is -0.508 e. The molecule has 3 rings (SSSR count). The number of ether oxygens (including phenoxy) is 2. The van der Waals surface area contributed by atoms with E-state index in [1.54, 1.807) is 29.2 Å². The zero-order chi connectivity index (χ0) is 13.3. The van der Waals surface area contributed by atoms with Crippen LogP contribution in [-0.2, 0) is 9.47 Å². The summed E-state index contributed by atoms with van der Waals surface area (Å²) in [5.74, 6) is 0.145. The summed E-state index contributed by atoms with van der Waals surface area (Å²) in [6.07, 6.45) is 2.20. The van der Waals surface area contributed by atoms with Gasteiger partial charge in [0.1, 0.15) is 11.4 Å². The predicted molar refractivity (Wildman–Crippen MR) is 69.3 cm³/mol. The number of carbonyl (C=O) groups is 1. The highest BCUT2D eigenvalue weighted by Gasteiger charge is 2.42. The monoisotopic (exact) mass is 263 g/mol. The molecule has 0 aromatic heterocycles. The van der Waals surface area contributed by atoms with Gasteiger partial charge in [-0.1, -0.05) is 6.07 Å². The Balaban J connectivity index is 1.76. The van der Waals surface area contributed by atoms with Crippen LogP contribution in [0.5, 0.6) is 5.75 Å². The fraction of sp³-hybridized carbons (Fsp3) is 0.500. The van der Waals surface area contributed by atoms with Crippen LogP contribution in [0.1, 0.15) is 19.3 Å². The van der Waals surface area contributed by atoms with Gasteiger partial charge in [-0.3, -0.25) is 4.90 Å². The summed E-state index contributed by atoms with van der Waals surface area (Å²) in [7, 11) is 0. The van der Waals surface area contributed by atoms with E-state index in [2.05, 4.69) is 0 Å². The largest absolute Gasteiger partial charge is 0.508 e. The van der Waals surface area contributed by atoms with E-state index in [9.17, 15) is 9.90 Å². The van der Waals surface area contributed by atoms with Gasteiger partial charge in [-0.25, -0.2) is 4.79 Å². The minimum absolute atomic E-state index is 0.145. The van der Waals surface area contributed by atoms with Gasteiger partial charge in [0.2, 0.25) is 0 Å². The third kappa shape index (κ3) is 2.38. The SMILES string of the molecule is O=C1OC2(CCCOC2)CCN1c1cccc(O)c1. The van der Waals surface area contributed by atoms with Crippen LogP contribution < -0.4 is 4.90 Å². The summed E-state index contributed by atoms with van der Waals surface area (Å²) in [6.45, 7) is 1.83. The smallest absolute Gasteiger partial charge is 0.414 e. The van der Waals surface area contributed by atoms with Crippen molar-refractivity contribution in [3.8, 4) is 5.75 Å². The fourth-order valence-corrected chi connectivity index (χ4v) is 2.70. The van der Waals surface area contributed by atoms with Crippen molar-refractivity contribution in [2.75, 3.05) is 24.7 Å². The van der Waals surface area contributed by atoms with Crippen molar-refractivity contribution < 1.29 is 19.4 Å². The van der Waals surface area contributed by atoms with Gasteiger partial charge in [0.15, 0.2) is 0 Å². The fourth-order valence-electron chi connectivity index (χ4n) is 2.70. The maximum atomic E-state index is 12.1. The van der Waals surface area contributed by atoms with Gasteiger partial charge in [0.25, 0.3) is 0 Å². The molecule has 2 saturated heterocycles. The van der Waals surface area contributed by atoms with E-state index in [0.29, 0.717) is 18.8 Å². The van der Waals surface area contributed by atoms with Crippen molar-refractivity contribution >= 4 is 11.8 Å². The molecule has 102 valence electrons. The molecule has 1 aromatic carbocycles. The molecule has 0 bridgehead atoms.